The van der Waals surface area contributed by atoms with Gasteiger partial charge in [-0.25, -0.2) is 8.42 Å². The molecule has 2 aromatic carbocycles. The number of ether oxygens (including phenoxy) is 3. The molecular formula is C23H29N3O7S. The highest BCUT2D eigenvalue weighted by molar-refractivity contribution is 7.92. The summed E-state index contributed by atoms with van der Waals surface area (Å²) in [5.74, 6) is 0.680. The van der Waals surface area contributed by atoms with E-state index < -0.39 is 28.5 Å². The van der Waals surface area contributed by atoms with Gasteiger partial charge in [0, 0.05) is 19.2 Å². The molecule has 0 spiro atoms. The SMILES string of the molecule is CCNC(=O)C(C)N(Cc1ccc(OC)cc1)C(=O)CN(c1ccc2c(c1)OCO2)S(C)(=O)=O. The van der Waals surface area contributed by atoms with Gasteiger partial charge in [-0.1, -0.05) is 12.1 Å². The minimum Gasteiger partial charge on any atom is -0.497 e. The summed E-state index contributed by atoms with van der Waals surface area (Å²) in [5, 5.41) is 2.71. The van der Waals surface area contributed by atoms with Crippen molar-refractivity contribution in [1.29, 1.82) is 0 Å². The Hall–Kier alpha value is -3.47. The summed E-state index contributed by atoms with van der Waals surface area (Å²) in [4.78, 5) is 27.4. The largest absolute Gasteiger partial charge is 0.497 e. The third-order valence-electron chi connectivity index (χ3n) is 5.35. The third-order valence-corrected chi connectivity index (χ3v) is 6.49. The fourth-order valence-corrected chi connectivity index (χ4v) is 4.33. The summed E-state index contributed by atoms with van der Waals surface area (Å²) in [5.41, 5.74) is 1.02. The van der Waals surface area contributed by atoms with Gasteiger partial charge in [-0.3, -0.25) is 13.9 Å². The zero-order valence-electron chi connectivity index (χ0n) is 19.6. The molecule has 10 nitrogen and oxygen atoms in total. The van der Waals surface area contributed by atoms with Gasteiger partial charge in [0.05, 0.1) is 19.1 Å². The van der Waals surface area contributed by atoms with Crippen LogP contribution in [0.2, 0.25) is 0 Å². The molecule has 11 heteroatoms. The Kier molecular flexibility index (Phi) is 7.87. The second-order valence-corrected chi connectivity index (χ2v) is 9.65. The van der Waals surface area contributed by atoms with Crippen molar-refractivity contribution in [2.24, 2.45) is 0 Å². The molecule has 1 aliphatic heterocycles. The van der Waals surface area contributed by atoms with Crippen LogP contribution in [0.5, 0.6) is 17.2 Å². The molecular weight excluding hydrogens is 462 g/mol. The first kappa shape index (κ1) is 25.2. The van der Waals surface area contributed by atoms with Gasteiger partial charge in [0.2, 0.25) is 28.6 Å². The number of carbonyl (C=O) groups excluding carboxylic acids is 2. The summed E-state index contributed by atoms with van der Waals surface area (Å²) >= 11 is 0. The van der Waals surface area contributed by atoms with Crippen molar-refractivity contribution in [3.8, 4) is 17.2 Å². The normalized spacial score (nSPS) is 13.2. The Morgan fingerprint density at radius 1 is 1.12 bits per heavy atom. The van der Waals surface area contributed by atoms with Gasteiger partial charge in [-0.2, -0.15) is 0 Å². The van der Waals surface area contributed by atoms with Crippen LogP contribution in [0.4, 0.5) is 5.69 Å². The van der Waals surface area contributed by atoms with Crippen molar-refractivity contribution < 1.29 is 32.2 Å². The maximum atomic E-state index is 13.4. The fraction of sp³-hybridized carbons (Fsp3) is 0.391. The van der Waals surface area contributed by atoms with Crippen molar-refractivity contribution in [2.45, 2.75) is 26.4 Å². The minimum absolute atomic E-state index is 0.0380. The number of amides is 2. The summed E-state index contributed by atoms with van der Waals surface area (Å²) < 4.78 is 42.0. The molecule has 1 unspecified atom stereocenters. The molecule has 1 heterocycles. The van der Waals surface area contributed by atoms with Crippen molar-refractivity contribution in [1.82, 2.24) is 10.2 Å². The van der Waals surface area contributed by atoms with Gasteiger partial charge < -0.3 is 24.4 Å². The van der Waals surface area contributed by atoms with Crippen LogP contribution >= 0.6 is 0 Å². The Morgan fingerprint density at radius 2 is 1.79 bits per heavy atom. The number of carbonyl (C=O) groups is 2. The summed E-state index contributed by atoms with van der Waals surface area (Å²) in [7, 11) is -2.28. The fourth-order valence-electron chi connectivity index (χ4n) is 3.49. The molecule has 0 bridgehead atoms. The molecule has 34 heavy (non-hydrogen) atoms. The maximum absolute atomic E-state index is 13.4. The molecule has 0 saturated heterocycles. The number of nitrogens with zero attached hydrogens (tertiary/aromatic N) is 2. The predicted molar refractivity (Wildman–Crippen MR) is 126 cm³/mol. The van der Waals surface area contributed by atoms with Gasteiger partial charge in [0.25, 0.3) is 0 Å². The van der Waals surface area contributed by atoms with E-state index in [1.807, 2.05) is 0 Å². The van der Waals surface area contributed by atoms with Gasteiger partial charge in [0.1, 0.15) is 18.3 Å². The molecule has 0 aromatic heterocycles. The van der Waals surface area contributed by atoms with Crippen LogP contribution in [0, 0.1) is 0 Å². The summed E-state index contributed by atoms with van der Waals surface area (Å²) in [6.45, 7) is 3.46. The van der Waals surface area contributed by atoms with E-state index in [-0.39, 0.29) is 24.9 Å². The first-order chi connectivity index (χ1) is 16.1. The zero-order chi connectivity index (χ0) is 24.9. The molecule has 1 aliphatic rings. The van der Waals surface area contributed by atoms with Crippen molar-refractivity contribution in [3.63, 3.8) is 0 Å². The Morgan fingerprint density at radius 3 is 2.41 bits per heavy atom. The van der Waals surface area contributed by atoms with E-state index in [1.165, 1.54) is 11.0 Å². The lowest BCUT2D eigenvalue weighted by Crippen LogP contribution is -2.51. The summed E-state index contributed by atoms with van der Waals surface area (Å²) in [6, 6.07) is 10.9. The Bertz CT molecular complexity index is 1140. The molecule has 0 saturated carbocycles. The molecule has 0 radical (unpaired) electrons. The minimum atomic E-state index is -3.83. The lowest BCUT2D eigenvalue weighted by atomic mass is 10.1. The number of anilines is 1. The van der Waals surface area contributed by atoms with Crippen LogP contribution in [-0.2, 0) is 26.2 Å². The number of hydrogen-bond acceptors (Lipinski definition) is 7. The van der Waals surface area contributed by atoms with Gasteiger partial charge in [-0.15, -0.1) is 0 Å². The van der Waals surface area contributed by atoms with E-state index in [9.17, 15) is 18.0 Å². The van der Waals surface area contributed by atoms with Gasteiger partial charge in [0.15, 0.2) is 11.5 Å². The average molecular weight is 492 g/mol. The molecule has 2 aromatic rings. The number of methoxy groups -OCH3 is 1. The lowest BCUT2D eigenvalue weighted by Gasteiger charge is -2.31. The van der Waals surface area contributed by atoms with E-state index >= 15 is 0 Å². The van der Waals surface area contributed by atoms with Crippen LogP contribution in [0.1, 0.15) is 19.4 Å². The van der Waals surface area contributed by atoms with Gasteiger partial charge in [-0.05, 0) is 43.7 Å². The van der Waals surface area contributed by atoms with E-state index in [1.54, 1.807) is 57.4 Å². The summed E-state index contributed by atoms with van der Waals surface area (Å²) in [6.07, 6.45) is 1.02. The molecule has 2 amide bonds. The van der Waals surface area contributed by atoms with E-state index in [0.29, 0.717) is 23.8 Å². The number of benzene rings is 2. The van der Waals surface area contributed by atoms with Crippen molar-refractivity contribution in [2.75, 3.05) is 37.6 Å². The van der Waals surface area contributed by atoms with E-state index in [0.717, 1.165) is 16.1 Å². The Balaban J connectivity index is 1.89. The van der Waals surface area contributed by atoms with E-state index in [4.69, 9.17) is 14.2 Å². The second kappa shape index (κ2) is 10.6. The second-order valence-electron chi connectivity index (χ2n) is 7.75. The molecule has 184 valence electrons. The highest BCUT2D eigenvalue weighted by Gasteiger charge is 2.30. The number of sulfonamides is 1. The quantitative estimate of drug-likeness (QED) is 0.538. The molecule has 1 atom stereocenters. The first-order valence-electron chi connectivity index (χ1n) is 10.7. The van der Waals surface area contributed by atoms with Crippen LogP contribution in [-0.4, -0.2) is 64.4 Å². The van der Waals surface area contributed by atoms with Crippen molar-refractivity contribution >= 4 is 27.5 Å². The monoisotopic (exact) mass is 491 g/mol. The van der Waals surface area contributed by atoms with Crippen LogP contribution < -0.4 is 23.8 Å². The number of rotatable bonds is 10. The molecule has 0 fully saturated rings. The van der Waals surface area contributed by atoms with E-state index in [2.05, 4.69) is 5.32 Å². The Labute approximate surface area is 199 Å². The first-order valence-corrected chi connectivity index (χ1v) is 12.6. The standard InChI is InChI=1S/C23H29N3O7S/c1-5-24-23(28)16(2)25(13-17-6-9-19(31-3)10-7-17)22(27)14-26(34(4,29)30)18-8-11-20-21(12-18)33-15-32-20/h6-12,16H,5,13-15H2,1-4H3,(H,24,28). The number of likely N-dealkylation sites (N-methyl/N-ethyl adjacent to an activating group) is 1. The topological polar surface area (TPSA) is 114 Å². The number of fused-ring (bicyclic) bond motifs is 1. The third kappa shape index (κ3) is 5.90. The van der Waals surface area contributed by atoms with Crippen molar-refractivity contribution in [3.05, 3.63) is 48.0 Å². The highest BCUT2D eigenvalue weighted by atomic mass is 32.2. The lowest BCUT2D eigenvalue weighted by molar-refractivity contribution is -0.139. The maximum Gasteiger partial charge on any atom is 0.244 e. The predicted octanol–water partition coefficient (Wildman–Crippen LogP) is 1.74. The van der Waals surface area contributed by atoms with Crippen LogP contribution in [0.25, 0.3) is 0 Å². The van der Waals surface area contributed by atoms with Crippen LogP contribution in [0.15, 0.2) is 42.5 Å². The molecule has 3 rings (SSSR count). The smallest absolute Gasteiger partial charge is 0.244 e. The number of nitrogens with one attached hydrogen (secondary N) is 1. The number of hydrogen-bond donors (Lipinski definition) is 1. The molecule has 1 N–H and O–H groups in total. The van der Waals surface area contributed by atoms with Gasteiger partial charge >= 0.3 is 0 Å². The average Bonchev–Trinajstić information content (AvgIpc) is 3.28. The zero-order valence-corrected chi connectivity index (χ0v) is 20.4. The van der Waals surface area contributed by atoms with Crippen LogP contribution in [0.3, 0.4) is 0 Å². The highest BCUT2D eigenvalue weighted by Crippen LogP contribution is 2.36. The molecule has 0 aliphatic carbocycles.